The molecule has 1 atom stereocenters. The molecule has 0 spiro atoms. The van der Waals surface area contributed by atoms with E-state index in [9.17, 15) is 18.0 Å². The highest BCUT2D eigenvalue weighted by Gasteiger charge is 2.27. The Hall–Kier alpha value is -2.29. The van der Waals surface area contributed by atoms with Crippen LogP contribution in [0.2, 0.25) is 10.0 Å². The molecule has 0 aromatic heterocycles. The average Bonchev–Trinajstić information content (AvgIpc) is 2.80. The van der Waals surface area contributed by atoms with Gasteiger partial charge in [-0.1, -0.05) is 54.4 Å². The number of sulfonamides is 1. The van der Waals surface area contributed by atoms with Gasteiger partial charge in [0.15, 0.2) is 0 Å². The predicted octanol–water partition coefficient (Wildman–Crippen LogP) is 4.79. The van der Waals surface area contributed by atoms with Crippen molar-refractivity contribution in [1.29, 1.82) is 0 Å². The van der Waals surface area contributed by atoms with E-state index < -0.39 is 16.1 Å². The molecule has 2 aromatic rings. The number of carbonyl (C=O) groups excluding carboxylic acids is 2. The lowest BCUT2D eigenvalue weighted by Gasteiger charge is -2.30. The summed E-state index contributed by atoms with van der Waals surface area (Å²) in [5.74, 6) is -0.463. The van der Waals surface area contributed by atoms with Gasteiger partial charge in [0.1, 0.15) is 6.04 Å². The topological polar surface area (TPSA) is 86.8 Å². The largest absolute Gasteiger partial charge is 0.354 e. The van der Waals surface area contributed by atoms with Crippen molar-refractivity contribution < 1.29 is 18.0 Å². The molecule has 0 aliphatic heterocycles. The Morgan fingerprint density at radius 3 is 2.43 bits per heavy atom. The molecule has 35 heavy (non-hydrogen) atoms. The second-order valence-corrected chi connectivity index (χ2v) is 11.2. The van der Waals surface area contributed by atoms with Gasteiger partial charge in [0.05, 0.1) is 17.0 Å². The smallest absolute Gasteiger partial charge is 0.242 e. The van der Waals surface area contributed by atoms with Crippen molar-refractivity contribution in [3.63, 3.8) is 0 Å². The summed E-state index contributed by atoms with van der Waals surface area (Å²) in [6.07, 6.45) is 2.16. The first-order valence-corrected chi connectivity index (χ1v) is 14.1. The minimum atomic E-state index is -3.67. The van der Waals surface area contributed by atoms with Crippen LogP contribution < -0.4 is 9.62 Å². The first-order valence-electron chi connectivity index (χ1n) is 11.5. The number of nitrogens with one attached hydrogen (secondary N) is 1. The summed E-state index contributed by atoms with van der Waals surface area (Å²) in [5, 5.41) is 3.44. The minimum absolute atomic E-state index is 0.0409. The minimum Gasteiger partial charge on any atom is -0.354 e. The predicted molar refractivity (Wildman–Crippen MR) is 142 cm³/mol. The van der Waals surface area contributed by atoms with Gasteiger partial charge in [-0.15, -0.1) is 0 Å². The molecule has 0 radical (unpaired) electrons. The Balaban J connectivity index is 2.20. The number of aryl methyl sites for hydroxylation is 1. The summed E-state index contributed by atoms with van der Waals surface area (Å²) in [6.45, 7) is 6.47. The molecule has 2 rings (SSSR count). The molecule has 10 heteroatoms. The Morgan fingerprint density at radius 2 is 1.80 bits per heavy atom. The Labute approximate surface area is 218 Å². The second kappa shape index (κ2) is 13.1. The number of hydrogen-bond donors (Lipinski definition) is 1. The normalized spacial score (nSPS) is 12.2. The van der Waals surface area contributed by atoms with Gasteiger partial charge in [0.2, 0.25) is 21.8 Å². The number of carbonyl (C=O) groups is 2. The van der Waals surface area contributed by atoms with Gasteiger partial charge in [-0.25, -0.2) is 8.42 Å². The molecule has 2 aromatic carbocycles. The van der Waals surface area contributed by atoms with E-state index in [0.717, 1.165) is 28.1 Å². The molecule has 0 aliphatic rings. The molecule has 0 bridgehead atoms. The number of amides is 2. The van der Waals surface area contributed by atoms with Crippen molar-refractivity contribution in [2.24, 2.45) is 0 Å². The summed E-state index contributed by atoms with van der Waals surface area (Å²) < 4.78 is 26.1. The molecule has 2 amide bonds. The van der Waals surface area contributed by atoms with E-state index in [1.54, 1.807) is 17.9 Å². The summed E-state index contributed by atoms with van der Waals surface area (Å²) in [4.78, 5) is 27.5. The van der Waals surface area contributed by atoms with Crippen LogP contribution in [-0.2, 0) is 26.2 Å². The second-order valence-electron chi connectivity index (χ2n) is 8.45. The number of nitrogens with zero attached hydrogens (tertiary/aromatic N) is 2. The van der Waals surface area contributed by atoms with E-state index in [4.69, 9.17) is 23.2 Å². The fourth-order valence-corrected chi connectivity index (χ4v) is 5.01. The van der Waals surface area contributed by atoms with Crippen molar-refractivity contribution in [2.45, 2.75) is 52.6 Å². The highest BCUT2D eigenvalue weighted by Crippen LogP contribution is 2.31. The first kappa shape index (κ1) is 28.9. The van der Waals surface area contributed by atoms with E-state index >= 15 is 0 Å². The third-order valence-corrected chi connectivity index (χ3v) is 7.38. The summed E-state index contributed by atoms with van der Waals surface area (Å²) in [5.41, 5.74) is 2.22. The van der Waals surface area contributed by atoms with Crippen LogP contribution in [-0.4, -0.2) is 50.5 Å². The monoisotopic (exact) mass is 541 g/mol. The zero-order valence-electron chi connectivity index (χ0n) is 20.6. The van der Waals surface area contributed by atoms with Crippen molar-refractivity contribution in [3.8, 4) is 0 Å². The zero-order valence-corrected chi connectivity index (χ0v) is 22.9. The Kier molecular flexibility index (Phi) is 10.9. The highest BCUT2D eigenvalue weighted by atomic mass is 35.5. The molecule has 192 valence electrons. The van der Waals surface area contributed by atoms with Crippen LogP contribution in [0.25, 0.3) is 0 Å². The number of benzene rings is 2. The fourth-order valence-electron chi connectivity index (χ4n) is 3.61. The van der Waals surface area contributed by atoms with Gasteiger partial charge in [0.25, 0.3) is 0 Å². The number of hydrogen-bond acceptors (Lipinski definition) is 4. The number of anilines is 1. The van der Waals surface area contributed by atoms with Crippen LogP contribution in [0, 0.1) is 6.92 Å². The van der Waals surface area contributed by atoms with Crippen LogP contribution in [0.15, 0.2) is 42.5 Å². The Morgan fingerprint density at radius 1 is 1.11 bits per heavy atom. The van der Waals surface area contributed by atoms with Crippen molar-refractivity contribution in [1.82, 2.24) is 10.2 Å². The van der Waals surface area contributed by atoms with Crippen molar-refractivity contribution in [2.75, 3.05) is 23.7 Å². The fraction of sp³-hybridized carbons (Fsp3) is 0.440. The lowest BCUT2D eigenvalue weighted by Crippen LogP contribution is -2.48. The molecule has 0 aliphatic carbocycles. The summed E-state index contributed by atoms with van der Waals surface area (Å²) in [7, 11) is -3.67. The van der Waals surface area contributed by atoms with E-state index in [0.29, 0.717) is 11.6 Å². The molecule has 0 saturated heterocycles. The molecule has 7 nitrogen and oxygen atoms in total. The maximum atomic E-state index is 13.3. The summed E-state index contributed by atoms with van der Waals surface area (Å²) >= 11 is 12.3. The molecule has 1 N–H and O–H groups in total. The van der Waals surface area contributed by atoms with E-state index in [-0.39, 0.29) is 48.5 Å². The molecule has 0 fully saturated rings. The standard InChI is InChI=1S/C25H33Cl2N3O4S/c1-5-14-28-25(32)19(3)29(17-20-10-7-6-9-18(20)2)24(31)11-8-15-30(35(4,33)34)23-16-21(26)12-13-22(23)27/h6-7,9-10,12-13,16,19H,5,8,11,14-15,17H2,1-4H3,(H,28,32)/t19-/m1/s1. The lowest BCUT2D eigenvalue weighted by molar-refractivity contribution is -0.140. The summed E-state index contributed by atoms with van der Waals surface area (Å²) in [6, 6.07) is 11.6. The maximum absolute atomic E-state index is 13.3. The number of rotatable bonds is 12. The lowest BCUT2D eigenvalue weighted by atomic mass is 10.1. The third kappa shape index (κ3) is 8.40. The van der Waals surface area contributed by atoms with Gasteiger partial charge in [-0.2, -0.15) is 0 Å². The van der Waals surface area contributed by atoms with E-state index in [1.165, 1.54) is 12.1 Å². The molecular weight excluding hydrogens is 509 g/mol. The highest BCUT2D eigenvalue weighted by molar-refractivity contribution is 7.92. The van der Waals surface area contributed by atoms with Gasteiger partial charge in [-0.3, -0.25) is 13.9 Å². The maximum Gasteiger partial charge on any atom is 0.242 e. The van der Waals surface area contributed by atoms with Crippen LogP contribution in [0.3, 0.4) is 0 Å². The zero-order chi connectivity index (χ0) is 26.2. The Bertz CT molecular complexity index is 1140. The van der Waals surface area contributed by atoms with Gasteiger partial charge in [-0.05, 0) is 56.0 Å². The average molecular weight is 543 g/mol. The van der Waals surface area contributed by atoms with E-state index in [1.807, 2.05) is 38.1 Å². The van der Waals surface area contributed by atoms with E-state index in [2.05, 4.69) is 5.32 Å². The van der Waals surface area contributed by atoms with Gasteiger partial charge < -0.3 is 10.2 Å². The van der Waals surface area contributed by atoms with Crippen molar-refractivity contribution >= 4 is 50.7 Å². The number of halogens is 2. The third-order valence-electron chi connectivity index (χ3n) is 5.65. The SMILES string of the molecule is CCCNC(=O)[C@@H](C)N(Cc1ccccc1C)C(=O)CCCN(c1cc(Cl)ccc1Cl)S(C)(=O)=O. The molecule has 0 heterocycles. The quantitative estimate of drug-likeness (QED) is 0.418. The van der Waals surface area contributed by atoms with Crippen molar-refractivity contribution in [3.05, 3.63) is 63.6 Å². The molecule has 0 unspecified atom stereocenters. The molecule has 0 saturated carbocycles. The van der Waals surface area contributed by atoms with Crippen LogP contribution in [0.4, 0.5) is 5.69 Å². The van der Waals surface area contributed by atoms with Crippen LogP contribution in [0.5, 0.6) is 0 Å². The van der Waals surface area contributed by atoms with Crippen LogP contribution >= 0.6 is 23.2 Å². The van der Waals surface area contributed by atoms with Gasteiger partial charge >= 0.3 is 0 Å². The van der Waals surface area contributed by atoms with Gasteiger partial charge in [0, 0.05) is 31.1 Å². The molecular formula is C25H33Cl2N3O4S. The van der Waals surface area contributed by atoms with Crippen LogP contribution in [0.1, 0.15) is 44.2 Å². The first-order chi connectivity index (χ1) is 16.5.